The Balaban J connectivity index is 2.30. The molecule has 21 heavy (non-hydrogen) atoms. The molecule has 0 aromatic heterocycles. The summed E-state index contributed by atoms with van der Waals surface area (Å²) in [7, 11) is 0. The quantitative estimate of drug-likeness (QED) is 0.824. The van der Waals surface area contributed by atoms with Crippen LogP contribution >= 0.6 is 11.6 Å². The molecule has 0 saturated carbocycles. The summed E-state index contributed by atoms with van der Waals surface area (Å²) in [6.45, 7) is 6.59. The van der Waals surface area contributed by atoms with Gasteiger partial charge in [0, 0.05) is 10.6 Å². The van der Waals surface area contributed by atoms with Crippen LogP contribution < -0.4 is 5.73 Å². The summed E-state index contributed by atoms with van der Waals surface area (Å²) in [4.78, 5) is 0. The van der Waals surface area contributed by atoms with Crippen LogP contribution in [0.25, 0.3) is 0 Å². The predicted molar refractivity (Wildman–Crippen MR) is 87.2 cm³/mol. The van der Waals surface area contributed by atoms with Gasteiger partial charge >= 0.3 is 0 Å². The second kappa shape index (κ2) is 6.17. The normalized spacial score (nSPS) is 13.2. The van der Waals surface area contributed by atoms with Gasteiger partial charge in [0.1, 0.15) is 5.82 Å². The Kier molecular flexibility index (Phi) is 4.70. The summed E-state index contributed by atoms with van der Waals surface area (Å²) >= 11 is 5.77. The fraction of sp³-hybridized carbons (Fsp3) is 0.333. The van der Waals surface area contributed by atoms with Crippen LogP contribution in [0.4, 0.5) is 4.39 Å². The van der Waals surface area contributed by atoms with Crippen LogP contribution in [0.15, 0.2) is 42.5 Å². The van der Waals surface area contributed by atoms with Crippen LogP contribution in [0.1, 0.15) is 49.9 Å². The van der Waals surface area contributed by atoms with Crippen molar-refractivity contribution in [3.63, 3.8) is 0 Å². The summed E-state index contributed by atoms with van der Waals surface area (Å²) in [5, 5.41) is 0.378. The Bertz CT molecular complexity index is 620. The van der Waals surface area contributed by atoms with Gasteiger partial charge in [-0.3, -0.25) is 0 Å². The van der Waals surface area contributed by atoms with E-state index < -0.39 is 6.04 Å². The maximum atomic E-state index is 13.9. The highest BCUT2D eigenvalue weighted by atomic mass is 35.5. The van der Waals surface area contributed by atoms with Crippen molar-refractivity contribution in [3.8, 4) is 0 Å². The van der Waals surface area contributed by atoms with E-state index in [1.54, 1.807) is 12.1 Å². The van der Waals surface area contributed by atoms with Crippen molar-refractivity contribution in [2.75, 3.05) is 0 Å². The van der Waals surface area contributed by atoms with Gasteiger partial charge in [0.05, 0.1) is 6.04 Å². The maximum Gasteiger partial charge on any atom is 0.129 e. The first-order valence-electron chi connectivity index (χ1n) is 7.16. The molecule has 3 heteroatoms. The molecule has 2 aromatic carbocycles. The molecule has 0 saturated heterocycles. The number of hydrogen-bond donors (Lipinski definition) is 1. The summed E-state index contributed by atoms with van der Waals surface area (Å²) in [5.74, 6) is -0.368. The first kappa shape index (κ1) is 16.0. The van der Waals surface area contributed by atoms with Crippen molar-refractivity contribution in [2.45, 2.75) is 38.6 Å². The van der Waals surface area contributed by atoms with Gasteiger partial charge in [0.25, 0.3) is 0 Å². The van der Waals surface area contributed by atoms with E-state index in [4.69, 9.17) is 17.3 Å². The monoisotopic (exact) mass is 305 g/mol. The van der Waals surface area contributed by atoms with Crippen LogP contribution in [0, 0.1) is 5.82 Å². The van der Waals surface area contributed by atoms with E-state index in [1.165, 1.54) is 11.6 Å². The number of hydrogen-bond acceptors (Lipinski definition) is 1. The van der Waals surface area contributed by atoms with Crippen molar-refractivity contribution >= 4 is 11.6 Å². The lowest BCUT2D eigenvalue weighted by molar-refractivity contribution is 0.506. The molecule has 1 atom stereocenters. The summed E-state index contributed by atoms with van der Waals surface area (Å²) in [6, 6.07) is 12.2. The molecule has 2 rings (SSSR count). The molecule has 0 fully saturated rings. The Hall–Kier alpha value is -1.38. The molecule has 1 unspecified atom stereocenters. The molecule has 1 nitrogen and oxygen atoms in total. The summed E-state index contributed by atoms with van der Waals surface area (Å²) in [6.07, 6.45) is 1.06. The first-order chi connectivity index (χ1) is 9.85. The standard InChI is InChI=1S/C18H21ClFN/c1-4-18(2,3)13-7-5-12(6-8-13)17(21)15-10-9-14(19)11-16(15)20/h5-11,17H,4,21H2,1-3H3. The van der Waals surface area contributed by atoms with Crippen molar-refractivity contribution in [2.24, 2.45) is 5.73 Å². The molecule has 0 amide bonds. The molecule has 0 aliphatic heterocycles. The van der Waals surface area contributed by atoms with Gasteiger partial charge in [-0.1, -0.05) is 62.7 Å². The SMILES string of the molecule is CCC(C)(C)c1ccc(C(N)c2ccc(Cl)cc2F)cc1. The van der Waals surface area contributed by atoms with Crippen LogP contribution in [0.3, 0.4) is 0 Å². The van der Waals surface area contributed by atoms with Crippen LogP contribution in [-0.2, 0) is 5.41 Å². The lowest BCUT2D eigenvalue weighted by atomic mass is 9.81. The zero-order valence-electron chi connectivity index (χ0n) is 12.7. The summed E-state index contributed by atoms with van der Waals surface area (Å²) in [5.41, 5.74) is 8.93. The summed E-state index contributed by atoms with van der Waals surface area (Å²) < 4.78 is 13.9. The van der Waals surface area contributed by atoms with Gasteiger partial charge in [-0.25, -0.2) is 4.39 Å². The third kappa shape index (κ3) is 3.45. The third-order valence-electron chi connectivity index (χ3n) is 4.23. The number of rotatable bonds is 4. The van der Waals surface area contributed by atoms with Crippen molar-refractivity contribution in [1.82, 2.24) is 0 Å². The van der Waals surface area contributed by atoms with Crippen molar-refractivity contribution in [1.29, 1.82) is 0 Å². The van der Waals surface area contributed by atoms with Gasteiger partial charge in [-0.2, -0.15) is 0 Å². The Labute approximate surface area is 130 Å². The van der Waals surface area contributed by atoms with Crippen molar-refractivity contribution in [3.05, 3.63) is 70.0 Å². The Morgan fingerprint density at radius 2 is 1.76 bits per heavy atom. The zero-order valence-corrected chi connectivity index (χ0v) is 13.4. The van der Waals surface area contributed by atoms with Crippen molar-refractivity contribution < 1.29 is 4.39 Å². The van der Waals surface area contributed by atoms with E-state index in [2.05, 4.69) is 32.9 Å². The second-order valence-electron chi connectivity index (χ2n) is 6.00. The van der Waals surface area contributed by atoms with Crippen LogP contribution in [0.2, 0.25) is 5.02 Å². The van der Waals surface area contributed by atoms with Gasteiger partial charge in [0.15, 0.2) is 0 Å². The number of benzene rings is 2. The minimum absolute atomic E-state index is 0.133. The average molecular weight is 306 g/mol. The Morgan fingerprint density at radius 3 is 2.29 bits per heavy atom. The van der Waals surface area contributed by atoms with Gasteiger partial charge < -0.3 is 5.73 Å². The first-order valence-corrected chi connectivity index (χ1v) is 7.54. The van der Waals surface area contributed by atoms with E-state index in [1.807, 2.05) is 12.1 Å². The molecule has 0 radical (unpaired) electrons. The highest BCUT2D eigenvalue weighted by molar-refractivity contribution is 6.30. The molecule has 0 aliphatic carbocycles. The maximum absolute atomic E-state index is 13.9. The largest absolute Gasteiger partial charge is 0.320 e. The molecule has 0 spiro atoms. The third-order valence-corrected chi connectivity index (χ3v) is 4.47. The molecular weight excluding hydrogens is 285 g/mol. The van der Waals surface area contributed by atoms with E-state index >= 15 is 0 Å². The average Bonchev–Trinajstić information content (AvgIpc) is 2.47. The molecule has 2 N–H and O–H groups in total. The molecule has 0 heterocycles. The lowest BCUT2D eigenvalue weighted by Gasteiger charge is -2.24. The van der Waals surface area contributed by atoms with Gasteiger partial charge in [0.2, 0.25) is 0 Å². The number of nitrogens with two attached hydrogens (primary N) is 1. The smallest absolute Gasteiger partial charge is 0.129 e. The fourth-order valence-electron chi connectivity index (χ4n) is 2.28. The zero-order chi connectivity index (χ0) is 15.6. The highest BCUT2D eigenvalue weighted by Crippen LogP contribution is 2.29. The van der Waals surface area contributed by atoms with Gasteiger partial charge in [-0.05, 0) is 35.1 Å². The second-order valence-corrected chi connectivity index (χ2v) is 6.44. The molecule has 112 valence electrons. The molecular formula is C18H21ClFN. The predicted octanol–water partition coefficient (Wildman–Crippen LogP) is 5.21. The minimum Gasteiger partial charge on any atom is -0.320 e. The molecule has 2 aromatic rings. The lowest BCUT2D eigenvalue weighted by Crippen LogP contribution is -2.17. The molecule has 0 bridgehead atoms. The minimum atomic E-state index is -0.485. The Morgan fingerprint density at radius 1 is 1.14 bits per heavy atom. The van der Waals surface area contributed by atoms with E-state index in [9.17, 15) is 4.39 Å². The van der Waals surface area contributed by atoms with Crippen LogP contribution in [0.5, 0.6) is 0 Å². The van der Waals surface area contributed by atoms with E-state index in [0.717, 1.165) is 12.0 Å². The van der Waals surface area contributed by atoms with E-state index in [0.29, 0.717) is 10.6 Å². The fourth-order valence-corrected chi connectivity index (χ4v) is 2.44. The van der Waals surface area contributed by atoms with Gasteiger partial charge in [-0.15, -0.1) is 0 Å². The highest BCUT2D eigenvalue weighted by Gasteiger charge is 2.19. The van der Waals surface area contributed by atoms with Crippen LogP contribution in [-0.4, -0.2) is 0 Å². The van der Waals surface area contributed by atoms with E-state index in [-0.39, 0.29) is 11.2 Å². The molecule has 0 aliphatic rings. The number of halogens is 2. The topological polar surface area (TPSA) is 26.0 Å².